The summed E-state index contributed by atoms with van der Waals surface area (Å²) in [6.45, 7) is 3.25. The number of benzene rings is 1. The van der Waals surface area contributed by atoms with Gasteiger partial charge in [0.2, 0.25) is 0 Å². The summed E-state index contributed by atoms with van der Waals surface area (Å²) in [5, 5.41) is 6.50. The zero-order valence-electron chi connectivity index (χ0n) is 11.8. The molecular formula is C15H17ClN4O. The SMILES string of the molecule is CCCNc1cnc(C(=O)NCc2ccccc2Cl)cn1. The van der Waals surface area contributed by atoms with E-state index in [2.05, 4.69) is 27.5 Å². The minimum atomic E-state index is -0.274. The Balaban J connectivity index is 1.93. The van der Waals surface area contributed by atoms with Crippen LogP contribution in [0.1, 0.15) is 29.4 Å². The number of nitrogens with zero attached hydrogens (tertiary/aromatic N) is 2. The molecule has 110 valence electrons. The number of nitrogens with one attached hydrogen (secondary N) is 2. The van der Waals surface area contributed by atoms with E-state index in [4.69, 9.17) is 11.6 Å². The van der Waals surface area contributed by atoms with Crippen molar-refractivity contribution in [3.63, 3.8) is 0 Å². The summed E-state index contributed by atoms with van der Waals surface area (Å²) in [4.78, 5) is 20.2. The molecule has 2 aromatic rings. The number of rotatable bonds is 6. The summed E-state index contributed by atoms with van der Waals surface area (Å²) in [7, 11) is 0. The minimum absolute atomic E-state index is 0.274. The second kappa shape index (κ2) is 7.59. The van der Waals surface area contributed by atoms with E-state index in [1.807, 2.05) is 18.2 Å². The lowest BCUT2D eigenvalue weighted by Gasteiger charge is -2.07. The Morgan fingerprint density at radius 1 is 1.24 bits per heavy atom. The third-order valence-electron chi connectivity index (χ3n) is 2.84. The molecular weight excluding hydrogens is 288 g/mol. The fraction of sp³-hybridized carbons (Fsp3) is 0.267. The van der Waals surface area contributed by atoms with Crippen LogP contribution in [0.15, 0.2) is 36.7 Å². The Hall–Kier alpha value is -2.14. The number of hydrogen-bond donors (Lipinski definition) is 2. The van der Waals surface area contributed by atoms with Crippen molar-refractivity contribution in [3.05, 3.63) is 52.9 Å². The molecule has 0 aliphatic heterocycles. The van der Waals surface area contributed by atoms with Crippen molar-refractivity contribution in [1.29, 1.82) is 0 Å². The van der Waals surface area contributed by atoms with Crippen LogP contribution in [0.3, 0.4) is 0 Å². The highest BCUT2D eigenvalue weighted by Gasteiger charge is 2.08. The van der Waals surface area contributed by atoms with Gasteiger partial charge in [-0.1, -0.05) is 36.7 Å². The van der Waals surface area contributed by atoms with Crippen LogP contribution in [-0.4, -0.2) is 22.4 Å². The summed E-state index contributed by atoms with van der Waals surface area (Å²) >= 11 is 6.04. The van der Waals surface area contributed by atoms with Gasteiger partial charge in [0.05, 0.1) is 12.4 Å². The lowest BCUT2D eigenvalue weighted by atomic mass is 10.2. The smallest absolute Gasteiger partial charge is 0.271 e. The van der Waals surface area contributed by atoms with Crippen molar-refractivity contribution < 1.29 is 4.79 Å². The molecule has 1 aromatic carbocycles. The molecule has 1 aromatic heterocycles. The zero-order chi connectivity index (χ0) is 15.1. The van der Waals surface area contributed by atoms with Crippen molar-refractivity contribution in [2.75, 3.05) is 11.9 Å². The molecule has 0 aliphatic rings. The molecule has 0 radical (unpaired) electrons. The molecule has 0 saturated carbocycles. The second-order valence-electron chi connectivity index (χ2n) is 4.49. The van der Waals surface area contributed by atoms with E-state index in [9.17, 15) is 4.79 Å². The number of amides is 1. The number of carbonyl (C=O) groups is 1. The van der Waals surface area contributed by atoms with Gasteiger partial charge in [0.1, 0.15) is 11.5 Å². The van der Waals surface area contributed by atoms with Crippen molar-refractivity contribution in [1.82, 2.24) is 15.3 Å². The molecule has 0 fully saturated rings. The molecule has 21 heavy (non-hydrogen) atoms. The molecule has 0 aliphatic carbocycles. The molecule has 2 N–H and O–H groups in total. The highest BCUT2D eigenvalue weighted by Crippen LogP contribution is 2.14. The van der Waals surface area contributed by atoms with Crippen molar-refractivity contribution in [2.45, 2.75) is 19.9 Å². The van der Waals surface area contributed by atoms with E-state index in [0.29, 0.717) is 17.4 Å². The number of halogens is 1. The Morgan fingerprint density at radius 3 is 2.71 bits per heavy atom. The summed E-state index contributed by atoms with van der Waals surface area (Å²) in [5.74, 6) is 0.393. The molecule has 0 bridgehead atoms. The van der Waals surface area contributed by atoms with Gasteiger partial charge in [-0.2, -0.15) is 0 Å². The predicted octanol–water partition coefficient (Wildman–Crippen LogP) is 2.88. The molecule has 1 heterocycles. The number of carbonyl (C=O) groups excluding carboxylic acids is 1. The Bertz CT molecular complexity index is 601. The van der Waals surface area contributed by atoms with Crippen LogP contribution in [0, 0.1) is 0 Å². The molecule has 0 atom stereocenters. The van der Waals surface area contributed by atoms with Crippen molar-refractivity contribution in [2.24, 2.45) is 0 Å². The van der Waals surface area contributed by atoms with Crippen molar-refractivity contribution >= 4 is 23.3 Å². The van der Waals surface area contributed by atoms with E-state index in [1.165, 1.54) is 6.20 Å². The molecule has 5 nitrogen and oxygen atoms in total. The van der Waals surface area contributed by atoms with Gasteiger partial charge in [-0.25, -0.2) is 9.97 Å². The quantitative estimate of drug-likeness (QED) is 0.861. The standard InChI is InChI=1S/C15H17ClN4O/c1-2-7-17-14-10-18-13(9-19-14)15(21)20-8-11-5-3-4-6-12(11)16/h3-6,9-10H,2,7-8H2,1H3,(H,17,19)(H,20,21). The average Bonchev–Trinajstić information content (AvgIpc) is 2.52. The van der Waals surface area contributed by atoms with E-state index in [0.717, 1.165) is 18.5 Å². The monoisotopic (exact) mass is 304 g/mol. The maximum atomic E-state index is 12.0. The van der Waals surface area contributed by atoms with Crippen LogP contribution in [0.2, 0.25) is 5.02 Å². The number of anilines is 1. The molecule has 0 unspecified atom stereocenters. The summed E-state index contributed by atoms with van der Waals surface area (Å²) in [5.41, 5.74) is 1.14. The maximum Gasteiger partial charge on any atom is 0.271 e. The van der Waals surface area contributed by atoms with Gasteiger partial charge in [0, 0.05) is 18.1 Å². The van der Waals surface area contributed by atoms with Crippen LogP contribution in [0.5, 0.6) is 0 Å². The number of hydrogen-bond acceptors (Lipinski definition) is 4. The van der Waals surface area contributed by atoms with Gasteiger partial charge in [0.15, 0.2) is 0 Å². The molecule has 6 heteroatoms. The highest BCUT2D eigenvalue weighted by atomic mass is 35.5. The van der Waals surface area contributed by atoms with Crippen LogP contribution in [-0.2, 0) is 6.54 Å². The van der Waals surface area contributed by atoms with Gasteiger partial charge < -0.3 is 10.6 Å². The average molecular weight is 305 g/mol. The summed E-state index contributed by atoms with van der Waals surface area (Å²) in [6, 6.07) is 7.38. The Morgan fingerprint density at radius 2 is 2.05 bits per heavy atom. The Kier molecular flexibility index (Phi) is 5.51. The fourth-order valence-electron chi connectivity index (χ4n) is 1.70. The first-order valence-electron chi connectivity index (χ1n) is 6.78. The molecule has 0 spiro atoms. The van der Waals surface area contributed by atoms with Gasteiger partial charge in [-0.15, -0.1) is 0 Å². The molecule has 2 rings (SSSR count). The number of aromatic nitrogens is 2. The fourth-order valence-corrected chi connectivity index (χ4v) is 1.90. The third kappa shape index (κ3) is 4.43. The first-order valence-corrected chi connectivity index (χ1v) is 7.16. The lowest BCUT2D eigenvalue weighted by Crippen LogP contribution is -2.24. The van der Waals surface area contributed by atoms with Crippen LogP contribution >= 0.6 is 11.6 Å². The third-order valence-corrected chi connectivity index (χ3v) is 3.21. The van der Waals surface area contributed by atoms with Crippen LogP contribution in [0.4, 0.5) is 5.82 Å². The first-order chi connectivity index (χ1) is 10.2. The van der Waals surface area contributed by atoms with E-state index in [1.54, 1.807) is 12.3 Å². The molecule has 1 amide bonds. The van der Waals surface area contributed by atoms with E-state index < -0.39 is 0 Å². The van der Waals surface area contributed by atoms with E-state index in [-0.39, 0.29) is 11.6 Å². The zero-order valence-corrected chi connectivity index (χ0v) is 12.5. The van der Waals surface area contributed by atoms with Crippen LogP contribution < -0.4 is 10.6 Å². The van der Waals surface area contributed by atoms with Gasteiger partial charge in [-0.3, -0.25) is 4.79 Å². The molecule has 0 saturated heterocycles. The summed E-state index contributed by atoms with van der Waals surface area (Å²) in [6.07, 6.45) is 4.02. The normalized spacial score (nSPS) is 10.2. The van der Waals surface area contributed by atoms with Crippen molar-refractivity contribution in [3.8, 4) is 0 Å². The lowest BCUT2D eigenvalue weighted by molar-refractivity contribution is 0.0945. The maximum absolute atomic E-state index is 12.0. The Labute approximate surface area is 128 Å². The second-order valence-corrected chi connectivity index (χ2v) is 4.89. The highest BCUT2D eigenvalue weighted by molar-refractivity contribution is 6.31. The largest absolute Gasteiger partial charge is 0.369 e. The minimum Gasteiger partial charge on any atom is -0.369 e. The predicted molar refractivity (Wildman–Crippen MR) is 83.4 cm³/mol. The van der Waals surface area contributed by atoms with E-state index >= 15 is 0 Å². The summed E-state index contributed by atoms with van der Waals surface area (Å²) < 4.78 is 0. The van der Waals surface area contributed by atoms with Gasteiger partial charge in [-0.05, 0) is 18.1 Å². The van der Waals surface area contributed by atoms with Crippen LogP contribution in [0.25, 0.3) is 0 Å². The topological polar surface area (TPSA) is 66.9 Å². The van der Waals surface area contributed by atoms with Gasteiger partial charge >= 0.3 is 0 Å². The van der Waals surface area contributed by atoms with Gasteiger partial charge in [0.25, 0.3) is 5.91 Å². The first kappa shape index (κ1) is 15.3.